The maximum atomic E-state index is 12.9. The van der Waals surface area contributed by atoms with Crippen molar-refractivity contribution in [2.75, 3.05) is 12.4 Å². The second kappa shape index (κ2) is 8.39. The summed E-state index contributed by atoms with van der Waals surface area (Å²) in [6.07, 6.45) is 0. The Morgan fingerprint density at radius 2 is 1.80 bits per heavy atom. The number of ether oxygens (including phenoxy) is 1. The van der Waals surface area contributed by atoms with Gasteiger partial charge in [0.1, 0.15) is 5.75 Å². The Morgan fingerprint density at radius 1 is 1.03 bits per heavy atom. The Balaban J connectivity index is 1.75. The molecule has 150 valence electrons. The Kier molecular flexibility index (Phi) is 5.50. The quantitative estimate of drug-likeness (QED) is 0.486. The van der Waals surface area contributed by atoms with Gasteiger partial charge in [0, 0.05) is 22.3 Å². The van der Waals surface area contributed by atoms with Crippen LogP contribution in [-0.4, -0.2) is 27.8 Å². The van der Waals surface area contributed by atoms with Crippen LogP contribution >= 0.6 is 11.6 Å². The zero-order valence-electron chi connectivity index (χ0n) is 16.5. The van der Waals surface area contributed by atoms with Crippen molar-refractivity contribution in [3.05, 3.63) is 89.2 Å². The number of anilines is 1. The van der Waals surface area contributed by atoms with Gasteiger partial charge in [0.15, 0.2) is 5.82 Å². The van der Waals surface area contributed by atoms with E-state index >= 15 is 0 Å². The molecule has 0 aliphatic rings. The number of amides is 1. The third-order valence-electron chi connectivity index (χ3n) is 4.58. The molecular weight excluding hydrogens is 400 g/mol. The van der Waals surface area contributed by atoms with Crippen LogP contribution < -0.4 is 10.1 Å². The molecule has 6 nitrogen and oxygen atoms in total. The van der Waals surface area contributed by atoms with E-state index in [2.05, 4.69) is 15.4 Å². The van der Waals surface area contributed by atoms with E-state index in [9.17, 15) is 4.79 Å². The van der Waals surface area contributed by atoms with Crippen LogP contribution in [0.5, 0.6) is 5.75 Å². The fourth-order valence-corrected chi connectivity index (χ4v) is 3.18. The van der Waals surface area contributed by atoms with Crippen LogP contribution in [0.3, 0.4) is 0 Å². The number of hydrogen-bond acceptors (Lipinski definition) is 4. The van der Waals surface area contributed by atoms with E-state index in [1.54, 1.807) is 48.2 Å². The first-order valence-electron chi connectivity index (χ1n) is 9.29. The molecule has 3 aromatic carbocycles. The van der Waals surface area contributed by atoms with E-state index in [0.717, 1.165) is 16.8 Å². The molecule has 1 aromatic heterocycles. The highest BCUT2D eigenvalue weighted by Crippen LogP contribution is 2.25. The first-order chi connectivity index (χ1) is 14.5. The third-order valence-corrected chi connectivity index (χ3v) is 4.84. The van der Waals surface area contributed by atoms with Crippen molar-refractivity contribution in [3.8, 4) is 22.8 Å². The summed E-state index contributed by atoms with van der Waals surface area (Å²) in [5.41, 5.74) is 3.25. The number of nitrogens with one attached hydrogen (secondary N) is 1. The van der Waals surface area contributed by atoms with Gasteiger partial charge < -0.3 is 10.1 Å². The van der Waals surface area contributed by atoms with E-state index in [4.69, 9.17) is 16.3 Å². The van der Waals surface area contributed by atoms with Gasteiger partial charge in [0.2, 0.25) is 5.82 Å². The maximum absolute atomic E-state index is 12.9. The number of carbonyl (C=O) groups excluding carboxylic acids is 1. The molecule has 0 saturated heterocycles. The molecule has 1 heterocycles. The molecule has 0 aliphatic carbocycles. The molecule has 0 fully saturated rings. The lowest BCUT2D eigenvalue weighted by atomic mass is 10.2. The number of nitrogens with zero attached hydrogens (tertiary/aromatic N) is 3. The van der Waals surface area contributed by atoms with Gasteiger partial charge in [-0.2, -0.15) is 0 Å². The monoisotopic (exact) mass is 418 g/mol. The lowest BCUT2D eigenvalue weighted by Gasteiger charge is -2.08. The minimum atomic E-state index is -0.411. The zero-order valence-corrected chi connectivity index (χ0v) is 17.2. The smallest absolute Gasteiger partial charge is 0.295 e. The predicted molar refractivity (Wildman–Crippen MR) is 117 cm³/mol. The number of halogens is 1. The van der Waals surface area contributed by atoms with E-state index < -0.39 is 5.91 Å². The SMILES string of the molecule is COc1cccc(NC(=O)c2nc(-c3ccc(Cl)cc3)n(-c3ccccc3C)n2)c1. The van der Waals surface area contributed by atoms with Crippen molar-refractivity contribution in [1.82, 2.24) is 14.8 Å². The van der Waals surface area contributed by atoms with E-state index in [0.29, 0.717) is 22.3 Å². The summed E-state index contributed by atoms with van der Waals surface area (Å²) in [5.74, 6) is 0.849. The van der Waals surface area contributed by atoms with Crippen LogP contribution in [0.2, 0.25) is 5.02 Å². The van der Waals surface area contributed by atoms with Crippen molar-refractivity contribution in [2.24, 2.45) is 0 Å². The van der Waals surface area contributed by atoms with Gasteiger partial charge in [-0.05, 0) is 55.0 Å². The van der Waals surface area contributed by atoms with Gasteiger partial charge >= 0.3 is 0 Å². The highest BCUT2D eigenvalue weighted by atomic mass is 35.5. The molecule has 1 amide bonds. The Morgan fingerprint density at radius 3 is 2.53 bits per heavy atom. The highest BCUT2D eigenvalue weighted by Gasteiger charge is 2.20. The van der Waals surface area contributed by atoms with Gasteiger partial charge in [-0.1, -0.05) is 35.9 Å². The zero-order chi connectivity index (χ0) is 21.1. The lowest BCUT2D eigenvalue weighted by Crippen LogP contribution is -2.14. The summed E-state index contributed by atoms with van der Waals surface area (Å²) in [5, 5.41) is 7.95. The molecule has 0 aliphatic heterocycles. The Hall–Kier alpha value is -3.64. The van der Waals surface area contributed by atoms with E-state index in [1.165, 1.54) is 0 Å². The van der Waals surface area contributed by atoms with Crippen LogP contribution in [0.4, 0.5) is 5.69 Å². The second-order valence-electron chi connectivity index (χ2n) is 6.65. The highest BCUT2D eigenvalue weighted by molar-refractivity contribution is 6.30. The number of rotatable bonds is 5. The number of carbonyl (C=O) groups is 1. The minimum absolute atomic E-state index is 0.0611. The molecule has 30 heavy (non-hydrogen) atoms. The van der Waals surface area contributed by atoms with Crippen LogP contribution in [-0.2, 0) is 0 Å². The summed E-state index contributed by atoms with van der Waals surface area (Å²) in [6.45, 7) is 1.98. The molecule has 0 radical (unpaired) electrons. The van der Waals surface area contributed by atoms with Gasteiger partial charge in [0.05, 0.1) is 12.8 Å². The van der Waals surface area contributed by atoms with Crippen LogP contribution in [0.1, 0.15) is 16.2 Å². The summed E-state index contributed by atoms with van der Waals surface area (Å²) in [6, 6.07) is 22.2. The number of methoxy groups -OCH3 is 1. The van der Waals surface area contributed by atoms with Crippen molar-refractivity contribution >= 4 is 23.2 Å². The number of para-hydroxylation sites is 1. The van der Waals surface area contributed by atoms with Crippen molar-refractivity contribution in [1.29, 1.82) is 0 Å². The number of hydrogen-bond donors (Lipinski definition) is 1. The van der Waals surface area contributed by atoms with Crippen molar-refractivity contribution < 1.29 is 9.53 Å². The number of benzene rings is 3. The predicted octanol–water partition coefficient (Wildman–Crippen LogP) is 5.16. The lowest BCUT2D eigenvalue weighted by molar-refractivity contribution is 0.101. The fourth-order valence-electron chi connectivity index (χ4n) is 3.05. The summed E-state index contributed by atoms with van der Waals surface area (Å²) in [4.78, 5) is 17.4. The minimum Gasteiger partial charge on any atom is -0.497 e. The average Bonchev–Trinajstić information content (AvgIpc) is 3.20. The first-order valence-corrected chi connectivity index (χ1v) is 9.67. The normalized spacial score (nSPS) is 10.6. The molecule has 7 heteroatoms. The van der Waals surface area contributed by atoms with Crippen LogP contribution in [0, 0.1) is 6.92 Å². The Labute approximate surface area is 179 Å². The summed E-state index contributed by atoms with van der Waals surface area (Å²) in [7, 11) is 1.57. The molecule has 4 rings (SSSR count). The molecule has 0 bridgehead atoms. The largest absolute Gasteiger partial charge is 0.497 e. The van der Waals surface area contributed by atoms with Crippen LogP contribution in [0.15, 0.2) is 72.8 Å². The summed E-state index contributed by atoms with van der Waals surface area (Å²) >= 11 is 6.03. The standard InChI is InChI=1S/C23H19ClN4O2/c1-15-6-3-4-9-20(15)28-22(16-10-12-17(24)13-11-16)26-21(27-28)23(29)25-18-7-5-8-19(14-18)30-2/h3-14H,1-2H3,(H,25,29). The fraction of sp³-hybridized carbons (Fsp3) is 0.0870. The van der Waals surface area contributed by atoms with Crippen molar-refractivity contribution in [3.63, 3.8) is 0 Å². The number of aryl methyl sites for hydroxylation is 1. The van der Waals surface area contributed by atoms with Crippen LogP contribution in [0.25, 0.3) is 17.1 Å². The van der Waals surface area contributed by atoms with E-state index in [-0.39, 0.29) is 5.82 Å². The van der Waals surface area contributed by atoms with Gasteiger partial charge in [0.25, 0.3) is 5.91 Å². The molecule has 4 aromatic rings. The molecule has 1 N–H and O–H groups in total. The molecule has 0 atom stereocenters. The molecule has 0 unspecified atom stereocenters. The summed E-state index contributed by atoms with van der Waals surface area (Å²) < 4.78 is 6.89. The molecule has 0 spiro atoms. The Bertz CT molecular complexity index is 1200. The topological polar surface area (TPSA) is 69.0 Å². The molecular formula is C23H19ClN4O2. The average molecular weight is 419 g/mol. The maximum Gasteiger partial charge on any atom is 0.295 e. The third kappa shape index (κ3) is 4.04. The number of aromatic nitrogens is 3. The van der Waals surface area contributed by atoms with Gasteiger partial charge in [-0.3, -0.25) is 4.79 Å². The first kappa shape index (κ1) is 19.7. The molecule has 0 saturated carbocycles. The van der Waals surface area contributed by atoms with E-state index in [1.807, 2.05) is 43.3 Å². The van der Waals surface area contributed by atoms with Gasteiger partial charge in [-0.15, -0.1) is 5.10 Å². The second-order valence-corrected chi connectivity index (χ2v) is 7.09. The van der Waals surface area contributed by atoms with Crippen molar-refractivity contribution in [2.45, 2.75) is 6.92 Å². The van der Waals surface area contributed by atoms with Gasteiger partial charge in [-0.25, -0.2) is 9.67 Å².